The standard InChI is InChI=1S/C20H22N4O3S/c1-4-28-20-23-22-18(24(20)15-7-11-17(27-3)12-8-15)13-21-19(25)14-5-9-16(26-2)10-6-14/h5-12H,4,13H2,1-3H3,(H,21,25). The second kappa shape index (κ2) is 9.27. The van der Waals surface area contributed by atoms with Crippen molar-refractivity contribution in [2.24, 2.45) is 0 Å². The van der Waals surface area contributed by atoms with Crippen LogP contribution in [-0.2, 0) is 6.54 Å². The lowest BCUT2D eigenvalue weighted by Crippen LogP contribution is -2.24. The Hall–Kier alpha value is -3.00. The number of carbonyl (C=O) groups excluding carboxylic acids is 1. The molecule has 7 nitrogen and oxygen atoms in total. The summed E-state index contributed by atoms with van der Waals surface area (Å²) < 4.78 is 12.3. The lowest BCUT2D eigenvalue weighted by atomic mass is 10.2. The molecule has 0 aliphatic heterocycles. The first kappa shape index (κ1) is 19.8. The SMILES string of the molecule is CCSc1nnc(CNC(=O)c2ccc(OC)cc2)n1-c1ccc(OC)cc1. The molecule has 0 aliphatic rings. The van der Waals surface area contributed by atoms with Crippen molar-refractivity contribution in [2.45, 2.75) is 18.6 Å². The number of rotatable bonds is 8. The smallest absolute Gasteiger partial charge is 0.251 e. The monoisotopic (exact) mass is 398 g/mol. The van der Waals surface area contributed by atoms with Crippen molar-refractivity contribution in [1.29, 1.82) is 0 Å². The van der Waals surface area contributed by atoms with Gasteiger partial charge in [-0.3, -0.25) is 9.36 Å². The molecule has 0 spiro atoms. The summed E-state index contributed by atoms with van der Waals surface area (Å²) in [5.41, 5.74) is 1.47. The maximum absolute atomic E-state index is 12.5. The van der Waals surface area contributed by atoms with Crippen LogP contribution in [0.15, 0.2) is 53.7 Å². The van der Waals surface area contributed by atoms with E-state index in [1.165, 1.54) is 0 Å². The first-order chi connectivity index (χ1) is 13.7. The number of amides is 1. The van der Waals surface area contributed by atoms with Gasteiger partial charge in [0, 0.05) is 11.3 Å². The number of aromatic nitrogens is 3. The number of thioether (sulfide) groups is 1. The van der Waals surface area contributed by atoms with E-state index in [9.17, 15) is 4.79 Å². The molecule has 0 aliphatic carbocycles. The third-order valence-corrected chi connectivity index (χ3v) is 4.87. The molecule has 0 unspecified atom stereocenters. The van der Waals surface area contributed by atoms with E-state index in [0.29, 0.717) is 17.1 Å². The number of ether oxygens (including phenoxy) is 2. The van der Waals surface area contributed by atoms with Gasteiger partial charge in [0.1, 0.15) is 11.5 Å². The first-order valence-corrected chi connectivity index (χ1v) is 9.78. The Morgan fingerprint density at radius 1 is 1.00 bits per heavy atom. The van der Waals surface area contributed by atoms with Gasteiger partial charge >= 0.3 is 0 Å². The van der Waals surface area contributed by atoms with E-state index in [2.05, 4.69) is 22.4 Å². The first-order valence-electron chi connectivity index (χ1n) is 8.80. The van der Waals surface area contributed by atoms with E-state index in [4.69, 9.17) is 9.47 Å². The zero-order valence-electron chi connectivity index (χ0n) is 16.0. The van der Waals surface area contributed by atoms with Gasteiger partial charge in [0.25, 0.3) is 5.91 Å². The summed E-state index contributed by atoms with van der Waals surface area (Å²) in [4.78, 5) is 12.5. The summed E-state index contributed by atoms with van der Waals surface area (Å²) in [6, 6.07) is 14.6. The minimum absolute atomic E-state index is 0.184. The molecular weight excluding hydrogens is 376 g/mol. The largest absolute Gasteiger partial charge is 0.497 e. The number of benzene rings is 2. The Morgan fingerprint density at radius 3 is 2.18 bits per heavy atom. The zero-order chi connectivity index (χ0) is 19.9. The van der Waals surface area contributed by atoms with Crippen LogP contribution in [0.4, 0.5) is 0 Å². The Morgan fingerprint density at radius 2 is 1.61 bits per heavy atom. The molecule has 0 radical (unpaired) electrons. The highest BCUT2D eigenvalue weighted by atomic mass is 32.2. The minimum atomic E-state index is -0.184. The van der Waals surface area contributed by atoms with Crippen LogP contribution in [-0.4, -0.2) is 40.6 Å². The number of hydrogen-bond acceptors (Lipinski definition) is 6. The number of nitrogens with one attached hydrogen (secondary N) is 1. The Labute approximate surface area is 168 Å². The summed E-state index contributed by atoms with van der Waals surface area (Å²) in [5, 5.41) is 12.2. The maximum atomic E-state index is 12.5. The predicted octanol–water partition coefficient (Wildman–Crippen LogP) is 3.33. The summed E-state index contributed by atoms with van der Waals surface area (Å²) in [5.74, 6) is 2.82. The van der Waals surface area contributed by atoms with Crippen LogP contribution in [0.2, 0.25) is 0 Å². The van der Waals surface area contributed by atoms with Crippen molar-refractivity contribution in [3.05, 3.63) is 59.9 Å². The molecule has 3 rings (SSSR count). The van der Waals surface area contributed by atoms with Crippen molar-refractivity contribution >= 4 is 17.7 Å². The Bertz CT molecular complexity index is 924. The maximum Gasteiger partial charge on any atom is 0.251 e. The van der Waals surface area contributed by atoms with Crippen molar-refractivity contribution in [1.82, 2.24) is 20.1 Å². The van der Waals surface area contributed by atoms with E-state index < -0.39 is 0 Å². The second-order valence-electron chi connectivity index (χ2n) is 5.78. The molecule has 0 bridgehead atoms. The van der Waals surface area contributed by atoms with Gasteiger partial charge in [0.15, 0.2) is 11.0 Å². The number of hydrogen-bond donors (Lipinski definition) is 1. The fraction of sp³-hybridized carbons (Fsp3) is 0.250. The molecule has 1 amide bonds. The second-order valence-corrected chi connectivity index (χ2v) is 7.01. The van der Waals surface area contributed by atoms with Gasteiger partial charge in [-0.2, -0.15) is 0 Å². The quantitative estimate of drug-likeness (QED) is 0.587. The topological polar surface area (TPSA) is 78.3 Å². The van der Waals surface area contributed by atoms with Crippen LogP contribution < -0.4 is 14.8 Å². The molecular formula is C20H22N4O3S. The summed E-state index contributed by atoms with van der Waals surface area (Å²) in [7, 11) is 3.22. The van der Waals surface area contributed by atoms with Crippen LogP contribution in [0.5, 0.6) is 11.5 Å². The minimum Gasteiger partial charge on any atom is -0.497 e. The van der Waals surface area contributed by atoms with Gasteiger partial charge in [-0.05, 0) is 54.3 Å². The number of methoxy groups -OCH3 is 2. The van der Waals surface area contributed by atoms with Crippen molar-refractivity contribution < 1.29 is 14.3 Å². The third-order valence-electron chi connectivity index (χ3n) is 4.06. The summed E-state index contributed by atoms with van der Waals surface area (Å²) in [6.07, 6.45) is 0. The molecule has 0 fully saturated rings. The van der Waals surface area contributed by atoms with Crippen molar-refractivity contribution in [2.75, 3.05) is 20.0 Å². The third kappa shape index (κ3) is 4.45. The molecule has 0 atom stereocenters. The van der Waals surface area contributed by atoms with Crippen LogP contribution in [0, 0.1) is 0 Å². The Balaban J connectivity index is 1.80. The fourth-order valence-corrected chi connectivity index (χ4v) is 3.33. The molecule has 8 heteroatoms. The lowest BCUT2D eigenvalue weighted by molar-refractivity contribution is 0.0949. The average molecular weight is 398 g/mol. The summed E-state index contributed by atoms with van der Waals surface area (Å²) in [6.45, 7) is 2.32. The molecule has 1 heterocycles. The van der Waals surface area contributed by atoms with E-state index in [1.54, 1.807) is 50.2 Å². The highest BCUT2D eigenvalue weighted by Gasteiger charge is 2.15. The average Bonchev–Trinajstić information content (AvgIpc) is 3.15. The highest BCUT2D eigenvalue weighted by molar-refractivity contribution is 7.99. The molecule has 1 aromatic heterocycles. The molecule has 1 N–H and O–H groups in total. The van der Waals surface area contributed by atoms with Gasteiger partial charge < -0.3 is 14.8 Å². The van der Waals surface area contributed by atoms with E-state index in [0.717, 1.165) is 22.3 Å². The van der Waals surface area contributed by atoms with Crippen LogP contribution in [0.25, 0.3) is 5.69 Å². The van der Waals surface area contributed by atoms with Crippen molar-refractivity contribution in [3.8, 4) is 17.2 Å². The van der Waals surface area contributed by atoms with E-state index in [-0.39, 0.29) is 12.5 Å². The normalized spacial score (nSPS) is 10.5. The number of carbonyl (C=O) groups is 1. The molecule has 3 aromatic rings. The summed E-state index contributed by atoms with van der Waals surface area (Å²) >= 11 is 1.59. The molecule has 28 heavy (non-hydrogen) atoms. The molecule has 146 valence electrons. The highest BCUT2D eigenvalue weighted by Crippen LogP contribution is 2.23. The van der Waals surface area contributed by atoms with Gasteiger partial charge in [0.2, 0.25) is 0 Å². The zero-order valence-corrected chi connectivity index (χ0v) is 16.8. The van der Waals surface area contributed by atoms with Gasteiger partial charge in [0.05, 0.1) is 20.8 Å². The van der Waals surface area contributed by atoms with Crippen LogP contribution in [0.3, 0.4) is 0 Å². The van der Waals surface area contributed by atoms with Crippen LogP contribution >= 0.6 is 11.8 Å². The number of nitrogens with zero attached hydrogens (tertiary/aromatic N) is 3. The molecule has 0 saturated carbocycles. The van der Waals surface area contributed by atoms with Crippen molar-refractivity contribution in [3.63, 3.8) is 0 Å². The van der Waals surface area contributed by atoms with Crippen LogP contribution in [0.1, 0.15) is 23.1 Å². The van der Waals surface area contributed by atoms with E-state index >= 15 is 0 Å². The Kier molecular flexibility index (Phi) is 6.54. The van der Waals surface area contributed by atoms with Gasteiger partial charge in [-0.15, -0.1) is 10.2 Å². The fourth-order valence-electron chi connectivity index (χ4n) is 2.63. The predicted molar refractivity (Wildman–Crippen MR) is 108 cm³/mol. The van der Waals surface area contributed by atoms with Gasteiger partial charge in [-0.1, -0.05) is 18.7 Å². The van der Waals surface area contributed by atoms with Gasteiger partial charge in [-0.25, -0.2) is 0 Å². The van der Waals surface area contributed by atoms with E-state index in [1.807, 2.05) is 28.8 Å². The molecule has 2 aromatic carbocycles. The lowest BCUT2D eigenvalue weighted by Gasteiger charge is -2.11. The molecule has 0 saturated heterocycles.